The predicted octanol–water partition coefficient (Wildman–Crippen LogP) is 8.37. The average molecular weight is 595 g/mol. The van der Waals surface area contributed by atoms with Crippen molar-refractivity contribution in [2.24, 2.45) is 0 Å². The lowest BCUT2D eigenvalue weighted by molar-refractivity contribution is -0.138. The second-order valence-corrected chi connectivity index (χ2v) is 11.0. The van der Waals surface area contributed by atoms with Gasteiger partial charge in [0.25, 0.3) is 0 Å². The molecule has 0 spiro atoms. The van der Waals surface area contributed by atoms with Gasteiger partial charge in [-0.15, -0.1) is 0 Å². The van der Waals surface area contributed by atoms with E-state index in [2.05, 4.69) is 31.4 Å². The van der Waals surface area contributed by atoms with Crippen LogP contribution in [0, 0.1) is 0 Å². The predicted molar refractivity (Wildman–Crippen MR) is 172 cm³/mol. The van der Waals surface area contributed by atoms with Crippen LogP contribution in [0.2, 0.25) is 0 Å². The molecule has 4 aromatic rings. The third-order valence-corrected chi connectivity index (χ3v) is 7.56. The highest BCUT2D eigenvalue weighted by atomic mass is 32.2. The van der Waals surface area contributed by atoms with Crippen molar-refractivity contribution in [1.29, 1.82) is 0 Å². The maximum absolute atomic E-state index is 13.2. The van der Waals surface area contributed by atoms with Crippen LogP contribution in [0.15, 0.2) is 109 Å². The molecule has 0 atom stereocenters. The number of hydrogen-bond acceptors (Lipinski definition) is 7. The van der Waals surface area contributed by atoms with E-state index in [-0.39, 0.29) is 5.12 Å². The lowest BCUT2D eigenvalue weighted by Gasteiger charge is -2.11. The van der Waals surface area contributed by atoms with E-state index >= 15 is 0 Å². The number of ether oxygens (including phenoxy) is 3. The Labute approximate surface area is 256 Å². The molecule has 6 nitrogen and oxygen atoms in total. The highest BCUT2D eigenvalue weighted by Gasteiger charge is 2.15. The van der Waals surface area contributed by atoms with E-state index in [0.717, 1.165) is 57.0 Å². The summed E-state index contributed by atoms with van der Waals surface area (Å²) < 4.78 is 16.1. The minimum Gasteiger partial charge on any atom is -0.494 e. The van der Waals surface area contributed by atoms with Crippen molar-refractivity contribution >= 4 is 39.6 Å². The minimum absolute atomic E-state index is 0.0657. The van der Waals surface area contributed by atoms with Crippen LogP contribution in [-0.2, 0) is 20.7 Å². The molecule has 0 aliphatic rings. The molecule has 4 aromatic carbocycles. The Hall–Kier alpha value is -4.62. The van der Waals surface area contributed by atoms with E-state index in [0.29, 0.717) is 36.5 Å². The minimum atomic E-state index is -0.491. The summed E-state index contributed by atoms with van der Waals surface area (Å²) in [5.41, 5.74) is 3.88. The van der Waals surface area contributed by atoms with Crippen molar-refractivity contribution in [2.45, 2.75) is 38.0 Å². The van der Waals surface area contributed by atoms with Crippen LogP contribution in [0.25, 0.3) is 21.9 Å². The number of hydrogen-bond donors (Lipinski definition) is 0. The average Bonchev–Trinajstić information content (AvgIpc) is 3.02. The van der Waals surface area contributed by atoms with Gasteiger partial charge in [0.15, 0.2) is 0 Å². The summed E-state index contributed by atoms with van der Waals surface area (Å²) in [5.74, 6) is 0.285. The van der Waals surface area contributed by atoms with Crippen molar-refractivity contribution in [2.75, 3.05) is 13.2 Å². The molecule has 0 saturated carbocycles. The Kier molecular flexibility index (Phi) is 10.9. The summed E-state index contributed by atoms with van der Waals surface area (Å²) in [4.78, 5) is 37.0. The molecule has 0 unspecified atom stereocenters. The summed E-state index contributed by atoms with van der Waals surface area (Å²) in [6.07, 6.45) is 3.29. The van der Waals surface area contributed by atoms with Gasteiger partial charge in [0.05, 0.1) is 13.2 Å². The lowest BCUT2D eigenvalue weighted by Crippen LogP contribution is -2.09. The number of rotatable bonds is 13. The highest BCUT2D eigenvalue weighted by molar-refractivity contribution is 8.14. The molecule has 0 aliphatic heterocycles. The molecule has 0 aliphatic carbocycles. The van der Waals surface area contributed by atoms with Crippen LogP contribution >= 0.6 is 11.8 Å². The van der Waals surface area contributed by atoms with E-state index in [1.54, 1.807) is 25.1 Å². The first-order chi connectivity index (χ1) is 20.8. The number of aryl methyl sites for hydroxylation is 1. The molecular weight excluding hydrogens is 560 g/mol. The molecule has 0 N–H and O–H groups in total. The fraction of sp³-hybridized carbons (Fsp3) is 0.194. The topological polar surface area (TPSA) is 78.9 Å². The zero-order valence-electron chi connectivity index (χ0n) is 24.4. The van der Waals surface area contributed by atoms with E-state index in [9.17, 15) is 14.4 Å². The van der Waals surface area contributed by atoms with Gasteiger partial charge in [-0.1, -0.05) is 50.4 Å². The van der Waals surface area contributed by atoms with Crippen LogP contribution < -0.4 is 9.47 Å². The molecule has 43 heavy (non-hydrogen) atoms. The van der Waals surface area contributed by atoms with Crippen molar-refractivity contribution < 1.29 is 28.6 Å². The third-order valence-electron chi connectivity index (χ3n) is 6.66. The molecule has 0 bridgehead atoms. The molecule has 0 amide bonds. The summed E-state index contributed by atoms with van der Waals surface area (Å²) >= 11 is 1.18. The van der Waals surface area contributed by atoms with Crippen LogP contribution in [-0.4, -0.2) is 30.3 Å². The van der Waals surface area contributed by atoms with Crippen molar-refractivity contribution in [3.05, 3.63) is 115 Å². The smallest absolute Gasteiger partial charge is 0.338 e. The number of thioether (sulfide) groups is 1. The van der Waals surface area contributed by atoms with E-state index in [1.807, 2.05) is 49.4 Å². The van der Waals surface area contributed by atoms with Crippen molar-refractivity contribution in [1.82, 2.24) is 0 Å². The Morgan fingerprint density at radius 1 is 0.814 bits per heavy atom. The Bertz CT molecular complexity index is 1650. The van der Waals surface area contributed by atoms with Gasteiger partial charge in [0, 0.05) is 22.1 Å². The zero-order chi connectivity index (χ0) is 30.8. The Morgan fingerprint density at radius 2 is 1.49 bits per heavy atom. The molecule has 0 heterocycles. The Balaban J connectivity index is 1.37. The molecule has 0 radical (unpaired) electrons. The normalized spacial score (nSPS) is 10.7. The van der Waals surface area contributed by atoms with Gasteiger partial charge in [0.2, 0.25) is 5.12 Å². The summed E-state index contributed by atoms with van der Waals surface area (Å²) in [6.45, 7) is 11.4. The highest BCUT2D eigenvalue weighted by Crippen LogP contribution is 2.32. The number of benzene rings is 4. The largest absolute Gasteiger partial charge is 0.494 e. The summed E-state index contributed by atoms with van der Waals surface area (Å²) in [6, 6.07) is 25.3. The molecule has 7 heteroatoms. The third kappa shape index (κ3) is 8.69. The van der Waals surface area contributed by atoms with Gasteiger partial charge < -0.3 is 14.2 Å². The van der Waals surface area contributed by atoms with E-state index in [1.165, 1.54) is 11.8 Å². The fourth-order valence-corrected chi connectivity index (χ4v) is 5.16. The Morgan fingerprint density at radius 3 is 2.21 bits per heavy atom. The van der Waals surface area contributed by atoms with Gasteiger partial charge >= 0.3 is 11.9 Å². The second kappa shape index (κ2) is 15.0. The van der Waals surface area contributed by atoms with E-state index < -0.39 is 11.9 Å². The van der Waals surface area contributed by atoms with Gasteiger partial charge in [0.1, 0.15) is 11.5 Å². The quantitative estimate of drug-likeness (QED) is 0.0506. The number of esters is 2. The number of fused-ring (bicyclic) bond motifs is 1. The van der Waals surface area contributed by atoms with Crippen LogP contribution in [0.5, 0.6) is 11.5 Å². The van der Waals surface area contributed by atoms with E-state index in [4.69, 9.17) is 14.2 Å². The molecular formula is C36H34O6S. The SMILES string of the molecule is C=CC(=O)OCCCCOc1ccc(-c2ccc3cc(SC(=O)c4ccc(OC(=O)C(=C)C)cc4CC)ccc3c2)cc1. The van der Waals surface area contributed by atoms with Crippen LogP contribution in [0.4, 0.5) is 0 Å². The molecule has 0 fully saturated rings. The standard InChI is InChI=1S/C36H34O6S/c1-5-25-22-31(42-35(38)24(3)4)16-18-33(25)36(39)43-32-17-13-28-21-27(9-10-29(28)23-32)26-11-14-30(15-12-26)40-19-7-8-20-41-34(37)6-2/h6,9-18,21-23H,2-3,5,7-8,19-20H2,1,4H3. The summed E-state index contributed by atoms with van der Waals surface area (Å²) in [7, 11) is 0. The first-order valence-electron chi connectivity index (χ1n) is 14.1. The maximum atomic E-state index is 13.2. The van der Waals surface area contributed by atoms with Gasteiger partial charge in [-0.3, -0.25) is 4.79 Å². The first-order valence-corrected chi connectivity index (χ1v) is 14.9. The van der Waals surface area contributed by atoms with Crippen molar-refractivity contribution in [3.8, 4) is 22.6 Å². The van der Waals surface area contributed by atoms with Gasteiger partial charge in [-0.05, 0) is 114 Å². The second-order valence-electron chi connectivity index (χ2n) is 9.91. The van der Waals surface area contributed by atoms with Crippen LogP contribution in [0.1, 0.15) is 42.6 Å². The van der Waals surface area contributed by atoms with Gasteiger partial charge in [-0.25, -0.2) is 9.59 Å². The molecule has 220 valence electrons. The number of carbonyl (C=O) groups excluding carboxylic acids is 3. The van der Waals surface area contributed by atoms with Gasteiger partial charge in [-0.2, -0.15) is 0 Å². The molecule has 0 saturated heterocycles. The summed E-state index contributed by atoms with van der Waals surface area (Å²) in [5, 5.41) is 2.05. The monoisotopic (exact) mass is 594 g/mol. The van der Waals surface area contributed by atoms with Crippen molar-refractivity contribution in [3.63, 3.8) is 0 Å². The number of carbonyl (C=O) groups is 3. The zero-order valence-corrected chi connectivity index (χ0v) is 25.2. The number of unbranched alkanes of at least 4 members (excludes halogenated alkanes) is 1. The lowest BCUT2D eigenvalue weighted by atomic mass is 10.0. The maximum Gasteiger partial charge on any atom is 0.338 e. The van der Waals surface area contributed by atoms with Crippen LogP contribution in [0.3, 0.4) is 0 Å². The fourth-order valence-electron chi connectivity index (χ4n) is 4.32. The molecule has 4 rings (SSSR count). The first kappa shape index (κ1) is 31.3. The molecule has 0 aromatic heterocycles.